The number of alkyl halides is 3. The third-order valence-corrected chi connectivity index (χ3v) is 7.42. The minimum Gasteiger partial charge on any atom is -0.391 e. The van der Waals surface area contributed by atoms with Gasteiger partial charge in [-0.05, 0) is 11.6 Å². The number of aliphatic hydroxyl groups is 1. The van der Waals surface area contributed by atoms with Crippen molar-refractivity contribution in [3.63, 3.8) is 0 Å². The van der Waals surface area contributed by atoms with Crippen LogP contribution in [0.2, 0.25) is 0 Å². The maximum Gasteiger partial charge on any atom is 0.416 e. The third kappa shape index (κ3) is 3.79. The molecule has 124 valence electrons. The molecular weight excluding hydrogens is 345 g/mol. The fraction of sp³-hybridized carbons (Fsp3) is 0.500. The van der Waals surface area contributed by atoms with Gasteiger partial charge in [-0.25, -0.2) is 16.8 Å². The second-order valence-corrected chi connectivity index (χ2v) is 9.56. The van der Waals surface area contributed by atoms with Crippen LogP contribution in [0.15, 0.2) is 24.3 Å². The van der Waals surface area contributed by atoms with Gasteiger partial charge in [0.2, 0.25) is 0 Å². The summed E-state index contributed by atoms with van der Waals surface area (Å²) >= 11 is 0. The van der Waals surface area contributed by atoms with Crippen molar-refractivity contribution in [1.82, 2.24) is 0 Å². The minimum absolute atomic E-state index is 0.105. The van der Waals surface area contributed by atoms with Gasteiger partial charge in [-0.2, -0.15) is 13.2 Å². The first-order chi connectivity index (χ1) is 9.91. The summed E-state index contributed by atoms with van der Waals surface area (Å²) in [6.07, 6.45) is -6.16. The molecule has 1 aliphatic heterocycles. The number of aliphatic hydroxyl groups excluding tert-OH is 1. The van der Waals surface area contributed by atoms with E-state index in [9.17, 15) is 35.1 Å². The maximum atomic E-state index is 12.6. The first-order valence-corrected chi connectivity index (χ1v) is 9.71. The average molecular weight is 358 g/mol. The SMILES string of the molecule is O=S1(=O)C[C@H](O)[C@@H](S(=O)(=O)Cc2cccc(C(F)(F)F)c2)C1. The molecule has 5 nitrogen and oxygen atoms in total. The first kappa shape index (κ1) is 17.2. The van der Waals surface area contributed by atoms with E-state index in [0.29, 0.717) is 6.07 Å². The topological polar surface area (TPSA) is 88.5 Å². The van der Waals surface area contributed by atoms with Crippen LogP contribution in [-0.2, 0) is 31.6 Å². The first-order valence-electron chi connectivity index (χ1n) is 6.17. The summed E-state index contributed by atoms with van der Waals surface area (Å²) < 4.78 is 84.8. The fourth-order valence-electron chi connectivity index (χ4n) is 2.32. The second-order valence-electron chi connectivity index (χ2n) is 5.19. The van der Waals surface area contributed by atoms with E-state index in [-0.39, 0.29) is 5.56 Å². The van der Waals surface area contributed by atoms with Gasteiger partial charge in [0, 0.05) is 0 Å². The van der Waals surface area contributed by atoms with E-state index >= 15 is 0 Å². The summed E-state index contributed by atoms with van der Waals surface area (Å²) in [5.74, 6) is -2.12. The molecule has 0 saturated carbocycles. The molecule has 1 N–H and O–H groups in total. The van der Waals surface area contributed by atoms with E-state index in [1.165, 1.54) is 6.07 Å². The summed E-state index contributed by atoms with van der Waals surface area (Å²) in [7, 11) is -7.75. The predicted molar refractivity (Wildman–Crippen MR) is 72.5 cm³/mol. The van der Waals surface area contributed by atoms with Crippen molar-refractivity contribution in [2.24, 2.45) is 0 Å². The Hall–Kier alpha value is -1.13. The molecule has 2 rings (SSSR count). The zero-order valence-electron chi connectivity index (χ0n) is 11.1. The van der Waals surface area contributed by atoms with Crippen LogP contribution in [-0.4, -0.2) is 44.8 Å². The Morgan fingerprint density at radius 2 is 1.86 bits per heavy atom. The van der Waals surface area contributed by atoms with Crippen molar-refractivity contribution in [2.75, 3.05) is 11.5 Å². The maximum absolute atomic E-state index is 12.6. The molecule has 0 amide bonds. The number of halogens is 3. The molecule has 0 unspecified atom stereocenters. The van der Waals surface area contributed by atoms with E-state index in [1.807, 2.05) is 0 Å². The highest BCUT2D eigenvalue weighted by molar-refractivity contribution is 7.96. The van der Waals surface area contributed by atoms with Crippen LogP contribution in [0.5, 0.6) is 0 Å². The molecule has 0 aromatic heterocycles. The Morgan fingerprint density at radius 3 is 2.36 bits per heavy atom. The van der Waals surface area contributed by atoms with Gasteiger partial charge in [0.1, 0.15) is 5.25 Å². The van der Waals surface area contributed by atoms with E-state index in [2.05, 4.69) is 0 Å². The van der Waals surface area contributed by atoms with Gasteiger partial charge in [0.15, 0.2) is 19.7 Å². The molecule has 1 aromatic carbocycles. The summed E-state index contributed by atoms with van der Waals surface area (Å²) in [4.78, 5) is 0. The van der Waals surface area contributed by atoms with E-state index in [1.54, 1.807) is 0 Å². The quantitative estimate of drug-likeness (QED) is 0.863. The Morgan fingerprint density at radius 1 is 1.23 bits per heavy atom. The summed E-state index contributed by atoms with van der Waals surface area (Å²) in [6.45, 7) is 0. The molecule has 22 heavy (non-hydrogen) atoms. The molecule has 0 bridgehead atoms. The summed E-state index contributed by atoms with van der Waals surface area (Å²) in [5.41, 5.74) is -1.09. The number of benzene rings is 1. The number of hydrogen-bond donors (Lipinski definition) is 1. The molecule has 2 atom stereocenters. The lowest BCUT2D eigenvalue weighted by atomic mass is 10.1. The smallest absolute Gasteiger partial charge is 0.391 e. The lowest BCUT2D eigenvalue weighted by molar-refractivity contribution is -0.137. The predicted octanol–water partition coefficient (Wildman–Crippen LogP) is 0.778. The molecule has 0 spiro atoms. The number of sulfone groups is 2. The normalized spacial score (nSPS) is 25.3. The summed E-state index contributed by atoms with van der Waals surface area (Å²) in [6, 6.07) is 3.80. The van der Waals surface area contributed by atoms with Crippen LogP contribution in [0.1, 0.15) is 11.1 Å². The van der Waals surface area contributed by atoms with Crippen LogP contribution < -0.4 is 0 Å². The standard InChI is InChI=1S/C12H13F3O5S2/c13-12(14,15)9-3-1-2-8(4-9)5-22(19,20)11-7-21(17,18)6-10(11)16/h1-4,10-11,16H,5-7H2/t10-,11-/m0/s1. The van der Waals surface area contributed by atoms with Crippen LogP contribution in [0, 0.1) is 0 Å². The zero-order chi connectivity index (χ0) is 16.8. The Balaban J connectivity index is 2.27. The monoisotopic (exact) mass is 358 g/mol. The molecule has 10 heteroatoms. The number of hydrogen-bond acceptors (Lipinski definition) is 5. The second kappa shape index (κ2) is 5.50. The van der Waals surface area contributed by atoms with E-state index in [0.717, 1.165) is 12.1 Å². The highest BCUT2D eigenvalue weighted by Crippen LogP contribution is 2.30. The van der Waals surface area contributed by atoms with Gasteiger partial charge >= 0.3 is 6.18 Å². The van der Waals surface area contributed by atoms with Crippen molar-refractivity contribution in [3.8, 4) is 0 Å². The highest BCUT2D eigenvalue weighted by atomic mass is 32.2. The van der Waals surface area contributed by atoms with Gasteiger partial charge in [-0.3, -0.25) is 0 Å². The minimum atomic E-state index is -4.60. The molecule has 1 heterocycles. The van der Waals surface area contributed by atoms with Crippen molar-refractivity contribution in [2.45, 2.75) is 23.3 Å². The van der Waals surface area contributed by atoms with E-state index in [4.69, 9.17) is 0 Å². The highest BCUT2D eigenvalue weighted by Gasteiger charge is 2.44. The van der Waals surface area contributed by atoms with Crippen LogP contribution >= 0.6 is 0 Å². The molecule has 1 saturated heterocycles. The lowest BCUT2D eigenvalue weighted by Gasteiger charge is -2.14. The van der Waals surface area contributed by atoms with Crippen LogP contribution in [0.4, 0.5) is 13.2 Å². The third-order valence-electron chi connectivity index (χ3n) is 3.36. The molecule has 0 aliphatic carbocycles. The largest absolute Gasteiger partial charge is 0.416 e. The fourth-order valence-corrected chi connectivity index (χ4v) is 6.93. The van der Waals surface area contributed by atoms with Crippen LogP contribution in [0.3, 0.4) is 0 Å². The van der Waals surface area contributed by atoms with Gasteiger partial charge < -0.3 is 5.11 Å². The van der Waals surface area contributed by atoms with Gasteiger partial charge in [-0.15, -0.1) is 0 Å². The Labute approximate surface area is 125 Å². The number of rotatable bonds is 3. The van der Waals surface area contributed by atoms with Crippen molar-refractivity contribution in [3.05, 3.63) is 35.4 Å². The Bertz CT molecular complexity index is 768. The lowest BCUT2D eigenvalue weighted by Crippen LogP contribution is -2.33. The van der Waals surface area contributed by atoms with Crippen molar-refractivity contribution >= 4 is 19.7 Å². The Kier molecular flexibility index (Phi) is 4.31. The molecule has 0 radical (unpaired) electrons. The van der Waals surface area contributed by atoms with Gasteiger partial charge in [-0.1, -0.05) is 18.2 Å². The van der Waals surface area contributed by atoms with Crippen molar-refractivity contribution < 1.29 is 35.1 Å². The average Bonchev–Trinajstić information content (AvgIpc) is 2.62. The zero-order valence-corrected chi connectivity index (χ0v) is 12.7. The molecular formula is C12H13F3O5S2. The van der Waals surface area contributed by atoms with Gasteiger partial charge in [0.25, 0.3) is 0 Å². The van der Waals surface area contributed by atoms with Gasteiger partial charge in [0.05, 0.1) is 28.9 Å². The van der Waals surface area contributed by atoms with Crippen molar-refractivity contribution in [1.29, 1.82) is 0 Å². The molecule has 1 fully saturated rings. The van der Waals surface area contributed by atoms with Crippen LogP contribution in [0.25, 0.3) is 0 Å². The van der Waals surface area contributed by atoms with E-state index < -0.39 is 60.0 Å². The molecule has 1 aromatic rings. The molecule has 1 aliphatic rings. The summed E-state index contributed by atoms with van der Waals surface area (Å²) in [5, 5.41) is 8.08.